The molecule has 4 heteroatoms. The highest BCUT2D eigenvalue weighted by molar-refractivity contribution is 6.12. The van der Waals surface area contributed by atoms with Crippen LogP contribution in [0.4, 0.5) is 0 Å². The molecule has 2 amide bonds. The maximum atomic E-state index is 12.3. The van der Waals surface area contributed by atoms with Gasteiger partial charge in [0.1, 0.15) is 5.78 Å². The van der Waals surface area contributed by atoms with Crippen LogP contribution in [0.5, 0.6) is 0 Å². The van der Waals surface area contributed by atoms with Crippen LogP contribution in [-0.2, 0) is 14.4 Å². The summed E-state index contributed by atoms with van der Waals surface area (Å²) in [7, 11) is 0. The Kier molecular flexibility index (Phi) is 5.32. The average molecular weight is 291 g/mol. The molecule has 0 spiro atoms. The Bertz CT molecular complexity index is 429. The van der Waals surface area contributed by atoms with Crippen molar-refractivity contribution in [2.45, 2.75) is 52.4 Å². The molecule has 2 rings (SSSR count). The van der Waals surface area contributed by atoms with Gasteiger partial charge in [-0.1, -0.05) is 20.3 Å². The number of rotatable bonds is 6. The van der Waals surface area contributed by atoms with E-state index >= 15 is 0 Å². The highest BCUT2D eigenvalue weighted by atomic mass is 16.2. The number of ketones is 1. The number of hydrogen-bond acceptors (Lipinski definition) is 3. The Morgan fingerprint density at radius 1 is 1.19 bits per heavy atom. The summed E-state index contributed by atoms with van der Waals surface area (Å²) in [6, 6.07) is 0. The zero-order chi connectivity index (χ0) is 15.4. The van der Waals surface area contributed by atoms with E-state index in [1.807, 2.05) is 6.92 Å². The van der Waals surface area contributed by atoms with Gasteiger partial charge in [0, 0.05) is 30.5 Å². The molecule has 2 aliphatic rings. The largest absolute Gasteiger partial charge is 0.299 e. The number of hydrogen-bond donors (Lipinski definition) is 0. The van der Waals surface area contributed by atoms with E-state index in [1.54, 1.807) is 0 Å². The standard InChI is InChI=1S/C17H25NO3/c1-3-4-12(2)17(21)14-7-5-13(6-8-14)11-18-15(19)9-10-16(18)20/h9-10,12-14H,3-8,11H2,1-2H3. The minimum Gasteiger partial charge on any atom is -0.299 e. The first-order valence-electron chi connectivity index (χ1n) is 8.10. The fourth-order valence-corrected chi connectivity index (χ4v) is 3.48. The molecule has 0 radical (unpaired) electrons. The van der Waals surface area contributed by atoms with Crippen LogP contribution in [0.15, 0.2) is 12.2 Å². The summed E-state index contributed by atoms with van der Waals surface area (Å²) in [4.78, 5) is 36.8. The predicted octanol–water partition coefficient (Wildman–Crippen LogP) is 2.72. The number of imide groups is 1. The van der Waals surface area contributed by atoms with E-state index in [9.17, 15) is 14.4 Å². The summed E-state index contributed by atoms with van der Waals surface area (Å²) < 4.78 is 0. The summed E-state index contributed by atoms with van der Waals surface area (Å²) in [6.07, 6.45) is 8.38. The molecule has 0 saturated heterocycles. The highest BCUT2D eigenvalue weighted by Crippen LogP contribution is 2.32. The van der Waals surface area contributed by atoms with Gasteiger partial charge >= 0.3 is 0 Å². The van der Waals surface area contributed by atoms with Gasteiger partial charge in [0.25, 0.3) is 11.8 Å². The second-order valence-electron chi connectivity index (χ2n) is 6.43. The van der Waals surface area contributed by atoms with E-state index in [4.69, 9.17) is 0 Å². The van der Waals surface area contributed by atoms with E-state index in [2.05, 4.69) is 6.92 Å². The third-order valence-electron chi connectivity index (χ3n) is 4.80. The molecule has 0 aromatic carbocycles. The van der Waals surface area contributed by atoms with Gasteiger partial charge in [-0.15, -0.1) is 0 Å². The van der Waals surface area contributed by atoms with Crippen LogP contribution in [0, 0.1) is 17.8 Å². The lowest BCUT2D eigenvalue weighted by Gasteiger charge is -2.31. The Morgan fingerprint density at radius 2 is 1.76 bits per heavy atom. The van der Waals surface area contributed by atoms with E-state index in [0.29, 0.717) is 18.2 Å². The van der Waals surface area contributed by atoms with Crippen LogP contribution >= 0.6 is 0 Å². The Labute approximate surface area is 126 Å². The van der Waals surface area contributed by atoms with Crippen molar-refractivity contribution in [3.8, 4) is 0 Å². The lowest BCUT2D eigenvalue weighted by atomic mass is 9.76. The number of carbonyl (C=O) groups is 3. The first-order chi connectivity index (χ1) is 10.0. The molecule has 0 bridgehead atoms. The molecule has 21 heavy (non-hydrogen) atoms. The van der Waals surface area contributed by atoms with E-state index in [1.165, 1.54) is 17.1 Å². The maximum Gasteiger partial charge on any atom is 0.253 e. The van der Waals surface area contributed by atoms with Crippen LogP contribution in [0.1, 0.15) is 52.4 Å². The molecule has 0 aromatic rings. The number of nitrogens with zero attached hydrogens (tertiary/aromatic N) is 1. The minimum absolute atomic E-state index is 0.169. The van der Waals surface area contributed by atoms with Crippen molar-refractivity contribution in [3.05, 3.63) is 12.2 Å². The fourth-order valence-electron chi connectivity index (χ4n) is 3.48. The van der Waals surface area contributed by atoms with Crippen molar-refractivity contribution in [2.75, 3.05) is 6.54 Å². The van der Waals surface area contributed by atoms with E-state index in [0.717, 1.165) is 38.5 Å². The molecular formula is C17H25NO3. The lowest BCUT2D eigenvalue weighted by molar-refractivity contribution is -0.138. The first-order valence-corrected chi connectivity index (χ1v) is 8.10. The van der Waals surface area contributed by atoms with Crippen molar-refractivity contribution >= 4 is 17.6 Å². The smallest absolute Gasteiger partial charge is 0.253 e. The molecule has 1 heterocycles. The predicted molar refractivity (Wildman–Crippen MR) is 80.4 cm³/mol. The van der Waals surface area contributed by atoms with Crippen molar-refractivity contribution in [1.29, 1.82) is 0 Å². The van der Waals surface area contributed by atoms with Crippen molar-refractivity contribution in [3.63, 3.8) is 0 Å². The van der Waals surface area contributed by atoms with Gasteiger partial charge in [-0.3, -0.25) is 19.3 Å². The molecule has 0 N–H and O–H groups in total. The summed E-state index contributed by atoms with van der Waals surface area (Å²) in [5.41, 5.74) is 0. The van der Waals surface area contributed by atoms with Crippen molar-refractivity contribution in [1.82, 2.24) is 4.90 Å². The normalized spacial score (nSPS) is 27.2. The molecule has 1 aliphatic heterocycles. The summed E-state index contributed by atoms with van der Waals surface area (Å²) in [6.45, 7) is 4.65. The van der Waals surface area contributed by atoms with Gasteiger partial charge in [0.2, 0.25) is 0 Å². The Hall–Kier alpha value is -1.45. The first kappa shape index (κ1) is 15.9. The van der Waals surface area contributed by atoms with Crippen LogP contribution < -0.4 is 0 Å². The zero-order valence-corrected chi connectivity index (χ0v) is 13.0. The van der Waals surface area contributed by atoms with Crippen LogP contribution in [0.3, 0.4) is 0 Å². The van der Waals surface area contributed by atoms with Gasteiger partial charge < -0.3 is 0 Å². The molecule has 0 aromatic heterocycles. The highest BCUT2D eigenvalue weighted by Gasteiger charge is 2.32. The molecule has 4 nitrogen and oxygen atoms in total. The number of carbonyl (C=O) groups excluding carboxylic acids is 3. The SMILES string of the molecule is CCCC(C)C(=O)C1CCC(CN2C(=O)C=CC2=O)CC1. The molecule has 1 fully saturated rings. The van der Waals surface area contributed by atoms with Crippen LogP contribution in [0.25, 0.3) is 0 Å². The van der Waals surface area contributed by atoms with Gasteiger partial charge in [0.05, 0.1) is 0 Å². The summed E-state index contributed by atoms with van der Waals surface area (Å²) in [5.74, 6) is 0.714. The number of amides is 2. The van der Waals surface area contributed by atoms with Gasteiger partial charge in [-0.05, 0) is 38.0 Å². The molecule has 1 aliphatic carbocycles. The second-order valence-corrected chi connectivity index (χ2v) is 6.43. The third kappa shape index (κ3) is 3.80. The topological polar surface area (TPSA) is 54.5 Å². The Balaban J connectivity index is 1.79. The zero-order valence-electron chi connectivity index (χ0n) is 13.0. The average Bonchev–Trinajstić information content (AvgIpc) is 2.79. The van der Waals surface area contributed by atoms with Crippen LogP contribution in [0.2, 0.25) is 0 Å². The van der Waals surface area contributed by atoms with Crippen molar-refractivity contribution in [2.24, 2.45) is 17.8 Å². The van der Waals surface area contributed by atoms with E-state index in [-0.39, 0.29) is 23.7 Å². The lowest BCUT2D eigenvalue weighted by Crippen LogP contribution is -2.37. The minimum atomic E-state index is -0.199. The summed E-state index contributed by atoms with van der Waals surface area (Å²) >= 11 is 0. The Morgan fingerprint density at radius 3 is 2.29 bits per heavy atom. The monoisotopic (exact) mass is 291 g/mol. The van der Waals surface area contributed by atoms with Gasteiger partial charge in [-0.25, -0.2) is 0 Å². The fraction of sp³-hybridized carbons (Fsp3) is 0.706. The van der Waals surface area contributed by atoms with E-state index < -0.39 is 0 Å². The van der Waals surface area contributed by atoms with Gasteiger partial charge in [0.15, 0.2) is 0 Å². The second kappa shape index (κ2) is 7.01. The van der Waals surface area contributed by atoms with Gasteiger partial charge in [-0.2, -0.15) is 0 Å². The molecule has 116 valence electrons. The molecule has 1 atom stereocenters. The van der Waals surface area contributed by atoms with Crippen molar-refractivity contribution < 1.29 is 14.4 Å². The molecule has 1 unspecified atom stereocenters. The molecular weight excluding hydrogens is 266 g/mol. The quantitative estimate of drug-likeness (QED) is 0.707. The molecule has 1 saturated carbocycles. The van der Waals surface area contributed by atoms with Crippen LogP contribution in [-0.4, -0.2) is 29.0 Å². The maximum absolute atomic E-state index is 12.3. The number of Topliss-reactive ketones (excluding diaryl/α,β-unsaturated/α-hetero) is 1. The summed E-state index contributed by atoms with van der Waals surface area (Å²) in [5, 5.41) is 0. The third-order valence-corrected chi connectivity index (χ3v) is 4.80.